The van der Waals surface area contributed by atoms with Crippen LogP contribution in [0.5, 0.6) is 0 Å². The van der Waals surface area contributed by atoms with Crippen molar-refractivity contribution in [3.63, 3.8) is 0 Å². The van der Waals surface area contributed by atoms with Crippen molar-refractivity contribution >= 4 is 40.2 Å². The zero-order valence-corrected chi connectivity index (χ0v) is 17.1. The Morgan fingerprint density at radius 2 is 1.61 bits per heavy atom. The Kier molecular flexibility index (Phi) is 5.81. The summed E-state index contributed by atoms with van der Waals surface area (Å²) in [6.45, 7) is 0. The molecule has 0 saturated heterocycles. The SMILES string of the molecule is NC(=O)c1ccc(NC(=O)CSc2nc3ccccc3c(=O)n2-c2ccccc2)cc1. The lowest BCUT2D eigenvalue weighted by atomic mass is 10.2. The lowest BCUT2D eigenvalue weighted by molar-refractivity contribution is -0.113. The van der Waals surface area contributed by atoms with E-state index in [1.54, 1.807) is 42.5 Å². The highest BCUT2D eigenvalue weighted by Crippen LogP contribution is 2.21. The minimum atomic E-state index is -0.533. The van der Waals surface area contributed by atoms with Gasteiger partial charge in [0.25, 0.3) is 5.56 Å². The molecule has 7 nitrogen and oxygen atoms in total. The summed E-state index contributed by atoms with van der Waals surface area (Å²) in [5.41, 5.74) is 7.19. The second-order valence-corrected chi connectivity index (χ2v) is 7.61. The quantitative estimate of drug-likeness (QED) is 0.361. The first-order valence-electron chi connectivity index (χ1n) is 9.42. The molecule has 8 heteroatoms. The van der Waals surface area contributed by atoms with E-state index in [0.29, 0.717) is 33.0 Å². The summed E-state index contributed by atoms with van der Waals surface area (Å²) in [6.07, 6.45) is 0. The van der Waals surface area contributed by atoms with Crippen molar-refractivity contribution in [1.29, 1.82) is 0 Å². The Balaban J connectivity index is 1.59. The van der Waals surface area contributed by atoms with Crippen LogP contribution in [0.3, 0.4) is 0 Å². The van der Waals surface area contributed by atoms with Crippen LogP contribution in [0.2, 0.25) is 0 Å². The molecular formula is C23H18N4O3S. The largest absolute Gasteiger partial charge is 0.366 e. The Labute approximate surface area is 181 Å². The van der Waals surface area contributed by atoms with Crippen LogP contribution in [0.25, 0.3) is 16.6 Å². The van der Waals surface area contributed by atoms with Gasteiger partial charge in [-0.05, 0) is 48.5 Å². The monoisotopic (exact) mass is 430 g/mol. The average molecular weight is 430 g/mol. The van der Waals surface area contributed by atoms with Gasteiger partial charge in [-0.25, -0.2) is 4.98 Å². The first-order valence-corrected chi connectivity index (χ1v) is 10.4. The number of carbonyl (C=O) groups is 2. The fourth-order valence-corrected chi connectivity index (χ4v) is 3.87. The van der Waals surface area contributed by atoms with E-state index in [2.05, 4.69) is 10.3 Å². The smallest absolute Gasteiger partial charge is 0.266 e. The molecule has 4 aromatic rings. The molecule has 0 fully saturated rings. The molecule has 154 valence electrons. The number of hydrogen-bond donors (Lipinski definition) is 2. The first kappa shape index (κ1) is 20.4. The van der Waals surface area contributed by atoms with E-state index in [0.717, 1.165) is 0 Å². The van der Waals surface area contributed by atoms with Crippen molar-refractivity contribution in [3.05, 3.63) is 94.8 Å². The highest BCUT2D eigenvalue weighted by Gasteiger charge is 2.15. The summed E-state index contributed by atoms with van der Waals surface area (Å²) in [6, 6.07) is 22.6. The van der Waals surface area contributed by atoms with Crippen molar-refractivity contribution in [2.45, 2.75) is 5.16 Å². The molecule has 3 N–H and O–H groups in total. The number of nitrogens with one attached hydrogen (secondary N) is 1. The van der Waals surface area contributed by atoms with Crippen LogP contribution >= 0.6 is 11.8 Å². The van der Waals surface area contributed by atoms with E-state index in [4.69, 9.17) is 5.73 Å². The second-order valence-electron chi connectivity index (χ2n) is 6.67. The van der Waals surface area contributed by atoms with Gasteiger partial charge < -0.3 is 11.1 Å². The summed E-state index contributed by atoms with van der Waals surface area (Å²) >= 11 is 1.17. The van der Waals surface area contributed by atoms with Gasteiger partial charge in [-0.2, -0.15) is 0 Å². The number of benzene rings is 3. The molecule has 0 atom stereocenters. The standard InChI is InChI=1S/C23H18N4O3S/c24-21(29)15-10-12-16(13-11-15)25-20(28)14-31-23-26-19-9-5-4-8-18(19)22(30)27(23)17-6-2-1-3-7-17/h1-13H,14H2,(H2,24,29)(H,25,28). The van der Waals surface area contributed by atoms with E-state index in [1.807, 2.05) is 36.4 Å². The summed E-state index contributed by atoms with van der Waals surface area (Å²) < 4.78 is 1.52. The van der Waals surface area contributed by atoms with Gasteiger partial charge in [0.15, 0.2) is 5.16 Å². The number of hydrogen-bond acceptors (Lipinski definition) is 5. The van der Waals surface area contributed by atoms with Gasteiger partial charge in [-0.1, -0.05) is 42.1 Å². The zero-order chi connectivity index (χ0) is 21.8. The number of aromatic nitrogens is 2. The van der Waals surface area contributed by atoms with Crippen LogP contribution in [0, 0.1) is 0 Å². The molecule has 0 spiro atoms. The molecule has 0 aliphatic carbocycles. The van der Waals surface area contributed by atoms with Crippen LogP contribution in [-0.4, -0.2) is 27.1 Å². The number of anilines is 1. The topological polar surface area (TPSA) is 107 Å². The number of amides is 2. The van der Waals surface area contributed by atoms with Gasteiger partial charge in [0.1, 0.15) is 0 Å². The van der Waals surface area contributed by atoms with Crippen molar-refractivity contribution in [3.8, 4) is 5.69 Å². The summed E-state index contributed by atoms with van der Waals surface area (Å²) in [4.78, 5) is 41.4. The van der Waals surface area contributed by atoms with E-state index < -0.39 is 5.91 Å². The average Bonchev–Trinajstić information content (AvgIpc) is 2.79. The van der Waals surface area contributed by atoms with E-state index in [-0.39, 0.29) is 17.2 Å². The molecule has 3 aromatic carbocycles. The molecule has 31 heavy (non-hydrogen) atoms. The molecule has 1 heterocycles. The minimum absolute atomic E-state index is 0.0508. The number of fused-ring (bicyclic) bond motifs is 1. The molecule has 0 bridgehead atoms. The maximum atomic E-state index is 13.1. The number of nitrogens with two attached hydrogens (primary N) is 1. The molecule has 1 aromatic heterocycles. The first-order chi connectivity index (χ1) is 15.0. The van der Waals surface area contributed by atoms with Crippen LogP contribution in [0.4, 0.5) is 5.69 Å². The van der Waals surface area contributed by atoms with Gasteiger partial charge in [-0.15, -0.1) is 0 Å². The fourth-order valence-electron chi connectivity index (χ4n) is 3.06. The van der Waals surface area contributed by atoms with E-state index >= 15 is 0 Å². The minimum Gasteiger partial charge on any atom is -0.366 e. The van der Waals surface area contributed by atoms with Crippen molar-refractivity contribution in [2.75, 3.05) is 11.1 Å². The van der Waals surface area contributed by atoms with Crippen LogP contribution in [0.1, 0.15) is 10.4 Å². The molecule has 0 unspecified atom stereocenters. The van der Waals surface area contributed by atoms with Gasteiger partial charge >= 0.3 is 0 Å². The molecule has 0 radical (unpaired) electrons. The normalized spacial score (nSPS) is 10.7. The van der Waals surface area contributed by atoms with Crippen molar-refractivity contribution in [2.24, 2.45) is 5.73 Å². The maximum absolute atomic E-state index is 13.1. The van der Waals surface area contributed by atoms with Crippen LogP contribution in [-0.2, 0) is 4.79 Å². The Bertz CT molecular complexity index is 1320. The number of primary amides is 1. The lowest BCUT2D eigenvalue weighted by Crippen LogP contribution is -2.23. The Morgan fingerprint density at radius 3 is 2.32 bits per heavy atom. The predicted octanol–water partition coefficient (Wildman–Crippen LogP) is 3.22. The third kappa shape index (κ3) is 4.49. The number of nitrogens with zero attached hydrogens (tertiary/aromatic N) is 2. The highest BCUT2D eigenvalue weighted by molar-refractivity contribution is 7.99. The molecule has 4 rings (SSSR count). The third-order valence-corrected chi connectivity index (χ3v) is 5.48. The van der Waals surface area contributed by atoms with Crippen molar-refractivity contribution in [1.82, 2.24) is 9.55 Å². The number of thioether (sulfide) groups is 1. The predicted molar refractivity (Wildman–Crippen MR) is 122 cm³/mol. The van der Waals surface area contributed by atoms with Gasteiger partial charge in [0.2, 0.25) is 11.8 Å². The number of carbonyl (C=O) groups excluding carboxylic acids is 2. The molecule has 2 amide bonds. The summed E-state index contributed by atoms with van der Waals surface area (Å²) in [5, 5.41) is 3.70. The maximum Gasteiger partial charge on any atom is 0.266 e. The number of para-hydroxylation sites is 2. The molecular weight excluding hydrogens is 412 g/mol. The second kappa shape index (κ2) is 8.85. The lowest BCUT2D eigenvalue weighted by Gasteiger charge is -2.13. The Hall–Kier alpha value is -3.91. The zero-order valence-electron chi connectivity index (χ0n) is 16.3. The Morgan fingerprint density at radius 1 is 0.935 bits per heavy atom. The third-order valence-electron chi connectivity index (χ3n) is 4.54. The van der Waals surface area contributed by atoms with E-state index in [9.17, 15) is 14.4 Å². The molecule has 0 aliphatic heterocycles. The molecule has 0 aliphatic rings. The van der Waals surface area contributed by atoms with Crippen LogP contribution in [0.15, 0.2) is 88.8 Å². The van der Waals surface area contributed by atoms with Crippen molar-refractivity contribution < 1.29 is 9.59 Å². The van der Waals surface area contributed by atoms with E-state index in [1.165, 1.54) is 16.3 Å². The van der Waals surface area contributed by atoms with Gasteiger partial charge in [0.05, 0.1) is 22.3 Å². The molecule has 0 saturated carbocycles. The summed E-state index contributed by atoms with van der Waals surface area (Å²) in [5.74, 6) is -0.747. The van der Waals surface area contributed by atoms with Gasteiger partial charge in [-0.3, -0.25) is 19.0 Å². The van der Waals surface area contributed by atoms with Gasteiger partial charge in [0, 0.05) is 11.3 Å². The van der Waals surface area contributed by atoms with Crippen LogP contribution < -0.4 is 16.6 Å². The highest BCUT2D eigenvalue weighted by atomic mass is 32.2. The fraction of sp³-hybridized carbons (Fsp3) is 0.0435. The summed E-state index contributed by atoms with van der Waals surface area (Å²) in [7, 11) is 0. The number of rotatable bonds is 6.